The Morgan fingerprint density at radius 2 is 2.07 bits per heavy atom. The van der Waals surface area contributed by atoms with Crippen molar-refractivity contribution in [2.24, 2.45) is 0 Å². The van der Waals surface area contributed by atoms with Crippen molar-refractivity contribution in [2.75, 3.05) is 23.3 Å². The van der Waals surface area contributed by atoms with Gasteiger partial charge in [0.05, 0.1) is 10.6 Å². The first-order valence-corrected chi connectivity index (χ1v) is 8.83. The molecule has 0 aliphatic carbocycles. The standard InChI is InChI=1S/C16H13ClF3N7O2/c17-11-5-9(16(18,19)20)6-22-15(11)25-4-3-10(8-25)23-12-1-2-13-21-7-14(27(28)29)26(13)24-12/h1-2,5-7,10H,3-4,8H2,(H,23,24). The van der Waals surface area contributed by atoms with Crippen molar-refractivity contribution in [3.05, 3.63) is 51.3 Å². The van der Waals surface area contributed by atoms with Crippen LogP contribution in [0.15, 0.2) is 30.6 Å². The summed E-state index contributed by atoms with van der Waals surface area (Å²) in [6, 6.07) is 4.02. The molecule has 1 atom stereocenters. The monoisotopic (exact) mass is 427 g/mol. The fraction of sp³-hybridized carbons (Fsp3) is 0.312. The molecule has 1 saturated heterocycles. The lowest BCUT2D eigenvalue weighted by Crippen LogP contribution is -2.27. The number of imidazole rings is 1. The fourth-order valence-corrected chi connectivity index (χ4v) is 3.45. The molecule has 0 aromatic carbocycles. The Bertz CT molecular complexity index is 1090. The van der Waals surface area contributed by atoms with Crippen LogP contribution in [0.4, 0.5) is 30.6 Å². The van der Waals surface area contributed by atoms with Gasteiger partial charge in [-0.05, 0) is 23.5 Å². The Morgan fingerprint density at radius 1 is 1.28 bits per heavy atom. The highest BCUT2D eigenvalue weighted by Gasteiger charge is 2.33. The van der Waals surface area contributed by atoms with Gasteiger partial charge in [-0.15, -0.1) is 0 Å². The van der Waals surface area contributed by atoms with E-state index in [0.717, 1.165) is 23.0 Å². The summed E-state index contributed by atoms with van der Waals surface area (Å²) in [5.41, 5.74) is -0.560. The fourth-order valence-electron chi connectivity index (χ4n) is 3.16. The van der Waals surface area contributed by atoms with Crippen molar-refractivity contribution in [3.63, 3.8) is 0 Å². The van der Waals surface area contributed by atoms with Gasteiger partial charge in [-0.2, -0.15) is 13.2 Å². The maximum absolute atomic E-state index is 12.8. The quantitative estimate of drug-likeness (QED) is 0.503. The molecule has 4 rings (SSSR count). The molecule has 0 radical (unpaired) electrons. The van der Waals surface area contributed by atoms with Crippen LogP contribution >= 0.6 is 11.6 Å². The first-order chi connectivity index (χ1) is 13.7. The third-order valence-corrected chi connectivity index (χ3v) is 4.80. The number of halogens is 4. The number of rotatable bonds is 4. The van der Waals surface area contributed by atoms with Gasteiger partial charge < -0.3 is 20.3 Å². The lowest BCUT2D eigenvalue weighted by atomic mass is 10.2. The average Bonchev–Trinajstić information content (AvgIpc) is 3.27. The van der Waals surface area contributed by atoms with Crippen LogP contribution in [0.5, 0.6) is 0 Å². The van der Waals surface area contributed by atoms with Crippen LogP contribution in [-0.2, 0) is 6.18 Å². The largest absolute Gasteiger partial charge is 0.417 e. The molecule has 0 amide bonds. The van der Waals surface area contributed by atoms with Crippen LogP contribution < -0.4 is 10.2 Å². The van der Waals surface area contributed by atoms with E-state index in [-0.39, 0.29) is 22.7 Å². The number of hydrogen-bond donors (Lipinski definition) is 1. The van der Waals surface area contributed by atoms with Gasteiger partial charge in [0, 0.05) is 31.4 Å². The van der Waals surface area contributed by atoms with Crippen molar-refractivity contribution in [1.29, 1.82) is 0 Å². The molecule has 1 aliphatic heterocycles. The van der Waals surface area contributed by atoms with Gasteiger partial charge in [-0.1, -0.05) is 21.2 Å². The highest BCUT2D eigenvalue weighted by atomic mass is 35.5. The zero-order chi connectivity index (χ0) is 20.8. The van der Waals surface area contributed by atoms with Crippen LogP contribution in [0, 0.1) is 10.1 Å². The smallest absolute Gasteiger partial charge is 0.362 e. The Kier molecular flexibility index (Phi) is 4.65. The van der Waals surface area contributed by atoms with Gasteiger partial charge in [-0.25, -0.2) is 9.97 Å². The van der Waals surface area contributed by atoms with Crippen molar-refractivity contribution in [1.82, 2.24) is 19.6 Å². The van der Waals surface area contributed by atoms with Crippen LogP contribution in [0.1, 0.15) is 12.0 Å². The topological polar surface area (TPSA) is 101 Å². The van der Waals surface area contributed by atoms with Gasteiger partial charge in [0.25, 0.3) is 0 Å². The summed E-state index contributed by atoms with van der Waals surface area (Å²) < 4.78 is 39.4. The maximum Gasteiger partial charge on any atom is 0.417 e. The lowest BCUT2D eigenvalue weighted by Gasteiger charge is -2.20. The van der Waals surface area contributed by atoms with Gasteiger partial charge in [0.2, 0.25) is 5.65 Å². The first kappa shape index (κ1) is 19.2. The Balaban J connectivity index is 1.49. The third kappa shape index (κ3) is 3.75. The molecule has 0 saturated carbocycles. The van der Waals surface area contributed by atoms with Crippen molar-refractivity contribution < 1.29 is 18.1 Å². The molecule has 1 unspecified atom stereocenters. The molecular formula is C16H13ClF3N7O2. The Morgan fingerprint density at radius 3 is 2.76 bits per heavy atom. The number of nitrogens with zero attached hydrogens (tertiary/aromatic N) is 6. The third-order valence-electron chi connectivity index (χ3n) is 4.52. The molecule has 1 fully saturated rings. The van der Waals surface area contributed by atoms with E-state index in [0.29, 0.717) is 31.0 Å². The van der Waals surface area contributed by atoms with Crippen molar-refractivity contribution in [3.8, 4) is 0 Å². The van der Waals surface area contributed by atoms with E-state index >= 15 is 0 Å². The van der Waals surface area contributed by atoms with E-state index in [1.54, 1.807) is 17.0 Å². The highest BCUT2D eigenvalue weighted by Crippen LogP contribution is 2.34. The second-order valence-corrected chi connectivity index (χ2v) is 6.87. The van der Waals surface area contributed by atoms with Gasteiger partial charge in [-0.3, -0.25) is 0 Å². The number of nitro groups is 1. The molecule has 1 aliphatic rings. The van der Waals surface area contributed by atoms with E-state index in [2.05, 4.69) is 20.4 Å². The minimum absolute atomic E-state index is 0.0749. The summed E-state index contributed by atoms with van der Waals surface area (Å²) in [5, 5.41) is 18.3. The summed E-state index contributed by atoms with van der Waals surface area (Å²) in [6.07, 6.45) is -1.97. The number of aromatic nitrogens is 4. The second kappa shape index (κ2) is 7.03. The Hall–Kier alpha value is -3.15. The molecule has 0 spiro atoms. The average molecular weight is 428 g/mol. The summed E-state index contributed by atoms with van der Waals surface area (Å²) >= 11 is 6.01. The normalized spacial score (nSPS) is 17.1. The first-order valence-electron chi connectivity index (χ1n) is 8.46. The molecule has 4 heterocycles. The van der Waals surface area contributed by atoms with Crippen LogP contribution in [0.25, 0.3) is 5.65 Å². The number of alkyl halides is 3. The zero-order valence-corrected chi connectivity index (χ0v) is 15.4. The second-order valence-electron chi connectivity index (χ2n) is 6.47. The highest BCUT2D eigenvalue weighted by molar-refractivity contribution is 6.33. The number of hydrogen-bond acceptors (Lipinski definition) is 7. The summed E-state index contributed by atoms with van der Waals surface area (Å²) in [5.74, 6) is 0.437. The molecule has 13 heteroatoms. The molecule has 3 aromatic heterocycles. The van der Waals surface area contributed by atoms with Crippen molar-refractivity contribution in [2.45, 2.75) is 18.6 Å². The minimum atomic E-state index is -4.51. The van der Waals surface area contributed by atoms with E-state index in [4.69, 9.17) is 11.6 Å². The van der Waals surface area contributed by atoms with Gasteiger partial charge in [0.15, 0.2) is 5.82 Å². The molecule has 3 aromatic rings. The predicted molar refractivity (Wildman–Crippen MR) is 98.1 cm³/mol. The molecule has 9 nitrogen and oxygen atoms in total. The van der Waals surface area contributed by atoms with Gasteiger partial charge in [0.1, 0.15) is 12.0 Å². The number of pyridine rings is 1. The predicted octanol–water partition coefficient (Wildman–Crippen LogP) is 3.40. The lowest BCUT2D eigenvalue weighted by molar-refractivity contribution is -0.391. The molecule has 152 valence electrons. The van der Waals surface area contributed by atoms with E-state index < -0.39 is 16.7 Å². The van der Waals surface area contributed by atoms with E-state index in [1.165, 1.54) is 0 Å². The van der Waals surface area contributed by atoms with Crippen LogP contribution in [0.3, 0.4) is 0 Å². The molecule has 1 N–H and O–H groups in total. The maximum atomic E-state index is 12.8. The van der Waals surface area contributed by atoms with Gasteiger partial charge >= 0.3 is 12.0 Å². The molecular weight excluding hydrogens is 415 g/mol. The summed E-state index contributed by atoms with van der Waals surface area (Å²) in [6.45, 7) is 0.965. The van der Waals surface area contributed by atoms with Crippen LogP contribution in [0.2, 0.25) is 5.02 Å². The van der Waals surface area contributed by atoms with Crippen molar-refractivity contribution >= 4 is 34.7 Å². The van der Waals surface area contributed by atoms with Crippen LogP contribution in [-0.4, -0.2) is 43.6 Å². The summed E-state index contributed by atoms with van der Waals surface area (Å²) in [4.78, 5) is 20.0. The molecule has 0 bridgehead atoms. The van der Waals surface area contributed by atoms with E-state index in [9.17, 15) is 23.3 Å². The Labute approximate surface area is 166 Å². The summed E-state index contributed by atoms with van der Waals surface area (Å²) in [7, 11) is 0. The molecule has 29 heavy (non-hydrogen) atoms. The number of fused-ring (bicyclic) bond motifs is 1. The minimum Gasteiger partial charge on any atom is -0.362 e. The number of anilines is 2. The zero-order valence-electron chi connectivity index (χ0n) is 14.6. The van der Waals surface area contributed by atoms with E-state index in [1.807, 2.05) is 0 Å². The number of nitrogens with one attached hydrogen (secondary N) is 1. The SMILES string of the molecule is O=[N+]([O-])c1cnc2ccc(NC3CCN(c4ncc(C(F)(F)F)cc4Cl)C3)nn12.